The number of ether oxygens (including phenoxy) is 3. The lowest BCUT2D eigenvalue weighted by Crippen LogP contribution is -2.56. The molecule has 0 atom stereocenters. The minimum Gasteiger partial charge on any atom is -0.467 e. The molecule has 7 nitrogen and oxygen atoms in total. The van der Waals surface area contributed by atoms with Crippen molar-refractivity contribution in [3.8, 4) is 5.75 Å². The molecular weight excluding hydrogens is 351 g/mol. The molecule has 0 spiro atoms. The minimum atomic E-state index is -0.295. The van der Waals surface area contributed by atoms with Crippen molar-refractivity contribution in [1.82, 2.24) is 15.5 Å². The second kappa shape index (κ2) is 8.86. The van der Waals surface area contributed by atoms with E-state index in [4.69, 9.17) is 14.2 Å². The van der Waals surface area contributed by atoms with Crippen LogP contribution in [0.2, 0.25) is 0 Å². The van der Waals surface area contributed by atoms with E-state index in [1.54, 1.807) is 7.05 Å². The molecule has 150 valence electrons. The van der Waals surface area contributed by atoms with Gasteiger partial charge in [-0.25, -0.2) is 4.39 Å². The molecule has 2 heterocycles. The molecule has 0 bridgehead atoms. The monoisotopic (exact) mass is 380 g/mol. The predicted molar refractivity (Wildman–Crippen MR) is 101 cm³/mol. The van der Waals surface area contributed by atoms with Gasteiger partial charge >= 0.3 is 0 Å². The Kier molecular flexibility index (Phi) is 6.51. The standard InChI is InChI=1S/C19H29FN4O3/c1-19(2,24-4-6-25-7-5-24)12-23-18(21-3)22-10-14-8-16(20)9-15-11-26-13-27-17(14)15/h8-9H,4-7,10-13H2,1-3H3,(H2,21,22,23). The van der Waals surface area contributed by atoms with E-state index in [2.05, 4.69) is 34.4 Å². The molecule has 0 aromatic heterocycles. The third kappa shape index (κ3) is 5.09. The zero-order valence-corrected chi connectivity index (χ0v) is 16.3. The van der Waals surface area contributed by atoms with Crippen molar-refractivity contribution in [1.29, 1.82) is 0 Å². The summed E-state index contributed by atoms with van der Waals surface area (Å²) in [4.78, 5) is 6.69. The number of halogens is 1. The Hall–Kier alpha value is -1.90. The molecule has 1 saturated heterocycles. The van der Waals surface area contributed by atoms with E-state index < -0.39 is 0 Å². The number of guanidine groups is 1. The highest BCUT2D eigenvalue weighted by Gasteiger charge is 2.28. The van der Waals surface area contributed by atoms with Crippen LogP contribution in [0.3, 0.4) is 0 Å². The zero-order valence-electron chi connectivity index (χ0n) is 16.3. The topological polar surface area (TPSA) is 67.4 Å². The van der Waals surface area contributed by atoms with E-state index in [9.17, 15) is 4.39 Å². The van der Waals surface area contributed by atoms with Crippen molar-refractivity contribution in [3.05, 3.63) is 29.1 Å². The number of benzene rings is 1. The summed E-state index contributed by atoms with van der Waals surface area (Å²) in [5, 5.41) is 6.62. The predicted octanol–water partition coefficient (Wildman–Crippen LogP) is 1.47. The lowest BCUT2D eigenvalue weighted by atomic mass is 10.0. The number of nitrogens with one attached hydrogen (secondary N) is 2. The minimum absolute atomic E-state index is 0.0279. The van der Waals surface area contributed by atoms with Crippen molar-refractivity contribution in [2.45, 2.75) is 32.5 Å². The molecule has 2 aliphatic heterocycles. The van der Waals surface area contributed by atoms with E-state index in [0.717, 1.165) is 44.0 Å². The van der Waals surface area contributed by atoms with Gasteiger partial charge in [-0.1, -0.05) is 0 Å². The highest BCUT2D eigenvalue weighted by molar-refractivity contribution is 5.79. The van der Waals surface area contributed by atoms with Crippen LogP contribution in [0.25, 0.3) is 0 Å². The van der Waals surface area contributed by atoms with Gasteiger partial charge in [0.25, 0.3) is 0 Å². The van der Waals surface area contributed by atoms with Crippen molar-refractivity contribution < 1.29 is 18.6 Å². The van der Waals surface area contributed by atoms with Gasteiger partial charge in [-0.15, -0.1) is 0 Å². The van der Waals surface area contributed by atoms with Gasteiger partial charge in [0.1, 0.15) is 11.6 Å². The van der Waals surface area contributed by atoms with Gasteiger partial charge in [-0.2, -0.15) is 0 Å². The van der Waals surface area contributed by atoms with Crippen molar-refractivity contribution in [3.63, 3.8) is 0 Å². The first-order valence-electron chi connectivity index (χ1n) is 9.29. The Labute approximate surface area is 159 Å². The van der Waals surface area contributed by atoms with Crippen LogP contribution >= 0.6 is 0 Å². The largest absolute Gasteiger partial charge is 0.467 e. The third-order valence-electron chi connectivity index (χ3n) is 4.98. The van der Waals surface area contributed by atoms with Crippen LogP contribution in [0.5, 0.6) is 5.75 Å². The maximum absolute atomic E-state index is 13.9. The summed E-state index contributed by atoms with van der Waals surface area (Å²) in [7, 11) is 1.72. The Balaban J connectivity index is 1.57. The fourth-order valence-corrected chi connectivity index (χ4v) is 3.37. The number of hydrogen-bond acceptors (Lipinski definition) is 5. The van der Waals surface area contributed by atoms with E-state index in [-0.39, 0.29) is 18.1 Å². The van der Waals surface area contributed by atoms with Crippen LogP contribution < -0.4 is 15.4 Å². The maximum Gasteiger partial charge on any atom is 0.191 e. The van der Waals surface area contributed by atoms with E-state index >= 15 is 0 Å². The van der Waals surface area contributed by atoms with Crippen LogP contribution in [0.4, 0.5) is 4.39 Å². The number of rotatable bonds is 5. The first kappa shape index (κ1) is 19.9. The number of morpholine rings is 1. The highest BCUT2D eigenvalue weighted by Crippen LogP contribution is 2.29. The lowest BCUT2D eigenvalue weighted by molar-refractivity contribution is -0.0173. The first-order valence-corrected chi connectivity index (χ1v) is 9.29. The van der Waals surface area contributed by atoms with E-state index in [1.165, 1.54) is 12.1 Å². The number of fused-ring (bicyclic) bond motifs is 1. The lowest BCUT2D eigenvalue weighted by Gasteiger charge is -2.41. The Morgan fingerprint density at radius 1 is 1.22 bits per heavy atom. The summed E-state index contributed by atoms with van der Waals surface area (Å²) in [5.74, 6) is 1.07. The molecule has 0 amide bonds. The van der Waals surface area contributed by atoms with Crippen LogP contribution in [0, 0.1) is 5.82 Å². The average molecular weight is 380 g/mol. The molecule has 0 aliphatic carbocycles. The highest BCUT2D eigenvalue weighted by atomic mass is 19.1. The van der Waals surface area contributed by atoms with Crippen LogP contribution in [0.1, 0.15) is 25.0 Å². The van der Waals surface area contributed by atoms with E-state index in [0.29, 0.717) is 24.9 Å². The molecule has 1 fully saturated rings. The molecule has 3 rings (SSSR count). The zero-order chi connectivity index (χ0) is 19.3. The smallest absolute Gasteiger partial charge is 0.191 e. The molecule has 2 N–H and O–H groups in total. The summed E-state index contributed by atoms with van der Waals surface area (Å²) in [6.07, 6.45) is 0. The van der Waals surface area contributed by atoms with Crippen LogP contribution in [-0.4, -0.2) is 63.1 Å². The number of hydrogen-bond donors (Lipinski definition) is 2. The Bertz CT molecular complexity index is 675. The number of aliphatic imine (C=N–C) groups is 1. The molecule has 8 heteroatoms. The fraction of sp³-hybridized carbons (Fsp3) is 0.632. The van der Waals surface area contributed by atoms with Gasteiger partial charge in [-0.3, -0.25) is 9.89 Å². The van der Waals surface area contributed by atoms with Crippen LogP contribution in [-0.2, 0) is 22.6 Å². The fourth-order valence-electron chi connectivity index (χ4n) is 3.37. The second-order valence-electron chi connectivity index (χ2n) is 7.35. The normalized spacial score (nSPS) is 18.6. The van der Waals surface area contributed by atoms with Gasteiger partial charge in [0.2, 0.25) is 0 Å². The molecule has 1 aromatic rings. The van der Waals surface area contributed by atoms with Gasteiger partial charge in [0.05, 0.1) is 19.8 Å². The average Bonchev–Trinajstić information content (AvgIpc) is 2.68. The second-order valence-corrected chi connectivity index (χ2v) is 7.35. The Morgan fingerprint density at radius 3 is 2.74 bits per heavy atom. The molecule has 0 radical (unpaired) electrons. The maximum atomic E-state index is 13.9. The Morgan fingerprint density at radius 2 is 2.00 bits per heavy atom. The van der Waals surface area contributed by atoms with Gasteiger partial charge in [0.15, 0.2) is 12.8 Å². The molecule has 0 saturated carbocycles. The molecule has 27 heavy (non-hydrogen) atoms. The SMILES string of the molecule is CN=C(NCc1cc(F)cc2c1OCOC2)NCC(C)(C)N1CCOCC1. The quantitative estimate of drug-likeness (QED) is 0.596. The summed E-state index contributed by atoms with van der Waals surface area (Å²) >= 11 is 0. The van der Waals surface area contributed by atoms with Crippen molar-refractivity contribution >= 4 is 5.96 Å². The van der Waals surface area contributed by atoms with Crippen LogP contribution in [0.15, 0.2) is 17.1 Å². The van der Waals surface area contributed by atoms with Gasteiger partial charge in [-0.05, 0) is 26.0 Å². The summed E-state index contributed by atoms with van der Waals surface area (Å²) in [5.41, 5.74) is 1.46. The molecule has 0 unspecified atom stereocenters. The number of nitrogens with zero attached hydrogens (tertiary/aromatic N) is 2. The van der Waals surface area contributed by atoms with Crippen molar-refractivity contribution in [2.75, 3.05) is 46.7 Å². The summed E-state index contributed by atoms with van der Waals surface area (Å²) < 4.78 is 30.1. The molecule has 1 aromatic carbocycles. The van der Waals surface area contributed by atoms with Gasteiger partial charge < -0.3 is 24.8 Å². The van der Waals surface area contributed by atoms with E-state index in [1.807, 2.05) is 0 Å². The van der Waals surface area contributed by atoms with Gasteiger partial charge in [0, 0.05) is 49.9 Å². The molecule has 2 aliphatic rings. The molecular formula is C19H29FN4O3. The first-order chi connectivity index (χ1) is 13.0. The van der Waals surface area contributed by atoms with Crippen molar-refractivity contribution in [2.24, 2.45) is 4.99 Å². The summed E-state index contributed by atoms with van der Waals surface area (Å²) in [6, 6.07) is 2.94. The third-order valence-corrected chi connectivity index (χ3v) is 4.98. The summed E-state index contributed by atoms with van der Waals surface area (Å²) in [6.45, 7) is 9.49.